The first-order chi connectivity index (χ1) is 18.7. The minimum atomic E-state index is -0.375. The Balaban J connectivity index is 1.35. The lowest BCUT2D eigenvalue weighted by Crippen LogP contribution is -2.32. The number of rotatable bonds is 10. The van der Waals surface area contributed by atoms with Crippen LogP contribution < -0.4 is 19.5 Å². The molecule has 0 aliphatic carbocycles. The summed E-state index contributed by atoms with van der Waals surface area (Å²) in [5, 5.41) is 2.50. The first kappa shape index (κ1) is 27.8. The summed E-state index contributed by atoms with van der Waals surface area (Å²) in [6.07, 6.45) is 1.63. The third-order valence-corrected chi connectivity index (χ3v) is 6.85. The molecule has 0 saturated carbocycles. The fraction of sp³-hybridized carbons (Fsp3) is 0.233. The summed E-state index contributed by atoms with van der Waals surface area (Å²) >= 11 is 0.878. The highest BCUT2D eigenvalue weighted by Gasteiger charge is 2.34. The zero-order valence-corrected chi connectivity index (χ0v) is 23.1. The van der Waals surface area contributed by atoms with E-state index in [9.17, 15) is 14.4 Å². The lowest BCUT2D eigenvalue weighted by Gasteiger charge is -2.13. The summed E-state index contributed by atoms with van der Waals surface area (Å²) in [5.41, 5.74) is 4.53. The van der Waals surface area contributed by atoms with Gasteiger partial charge in [-0.15, -0.1) is 0 Å². The van der Waals surface area contributed by atoms with Crippen molar-refractivity contribution in [3.05, 3.63) is 87.8 Å². The highest BCUT2D eigenvalue weighted by molar-refractivity contribution is 8.18. The molecule has 0 aromatic heterocycles. The summed E-state index contributed by atoms with van der Waals surface area (Å²) in [6, 6.07) is 18.4. The third kappa shape index (κ3) is 7.20. The molecular weight excluding hydrogens is 516 g/mol. The van der Waals surface area contributed by atoms with Crippen LogP contribution in [0.25, 0.3) is 6.08 Å². The van der Waals surface area contributed by atoms with Crippen molar-refractivity contribution in [2.45, 2.75) is 20.8 Å². The number of methoxy groups -OCH3 is 1. The number of hydrogen-bond acceptors (Lipinski definition) is 7. The predicted octanol–water partition coefficient (Wildman–Crippen LogP) is 5.75. The molecule has 0 atom stereocenters. The molecule has 0 radical (unpaired) electrons. The van der Waals surface area contributed by atoms with Crippen LogP contribution in [0.1, 0.15) is 22.3 Å². The number of anilines is 1. The van der Waals surface area contributed by atoms with Gasteiger partial charge in [0.2, 0.25) is 0 Å². The van der Waals surface area contributed by atoms with Crippen LogP contribution >= 0.6 is 11.8 Å². The lowest BCUT2D eigenvalue weighted by molar-refractivity contribution is -0.123. The lowest BCUT2D eigenvalue weighted by atomic mass is 10.1. The second kappa shape index (κ2) is 12.5. The number of hydrogen-bond donors (Lipinski definition) is 1. The van der Waals surface area contributed by atoms with E-state index in [-0.39, 0.29) is 36.8 Å². The number of nitrogens with one attached hydrogen (secondary N) is 1. The van der Waals surface area contributed by atoms with Crippen molar-refractivity contribution in [3.8, 4) is 17.2 Å². The largest absolute Gasteiger partial charge is 0.493 e. The van der Waals surface area contributed by atoms with Crippen LogP contribution in [-0.4, -0.2) is 48.8 Å². The van der Waals surface area contributed by atoms with E-state index in [1.807, 2.05) is 63.2 Å². The number of nitrogens with zero attached hydrogens (tertiary/aromatic N) is 1. The van der Waals surface area contributed by atoms with Crippen LogP contribution in [0, 0.1) is 20.8 Å². The van der Waals surface area contributed by atoms with Gasteiger partial charge in [0.15, 0.2) is 18.1 Å². The normalized spacial score (nSPS) is 14.1. The molecule has 39 heavy (non-hydrogen) atoms. The molecule has 1 N–H and O–H groups in total. The summed E-state index contributed by atoms with van der Waals surface area (Å²) in [6.45, 7) is 6.03. The van der Waals surface area contributed by atoms with Crippen LogP contribution in [0.3, 0.4) is 0 Å². The fourth-order valence-electron chi connectivity index (χ4n) is 3.98. The van der Waals surface area contributed by atoms with Crippen molar-refractivity contribution >= 4 is 40.6 Å². The second-order valence-electron chi connectivity index (χ2n) is 9.06. The molecular formula is C30H30N2O6S. The van der Waals surface area contributed by atoms with Gasteiger partial charge in [0.05, 0.1) is 18.6 Å². The number of aryl methyl sites for hydroxylation is 3. The van der Waals surface area contributed by atoms with Crippen LogP contribution in [0.4, 0.5) is 10.5 Å². The van der Waals surface area contributed by atoms with E-state index in [2.05, 4.69) is 5.32 Å². The zero-order chi connectivity index (χ0) is 27.9. The van der Waals surface area contributed by atoms with E-state index >= 15 is 0 Å². The Labute approximate surface area is 231 Å². The molecule has 9 heteroatoms. The van der Waals surface area contributed by atoms with Crippen molar-refractivity contribution in [1.82, 2.24) is 4.90 Å². The number of carbonyl (C=O) groups excluding carboxylic acids is 3. The van der Waals surface area contributed by atoms with Gasteiger partial charge in [-0.05, 0) is 85.6 Å². The molecule has 1 saturated heterocycles. The van der Waals surface area contributed by atoms with Gasteiger partial charge in [-0.25, -0.2) is 0 Å². The number of carbonyl (C=O) groups is 3. The molecule has 4 rings (SSSR count). The maximum absolute atomic E-state index is 12.9. The van der Waals surface area contributed by atoms with E-state index in [0.29, 0.717) is 27.7 Å². The van der Waals surface area contributed by atoms with Gasteiger partial charge >= 0.3 is 0 Å². The number of imide groups is 1. The van der Waals surface area contributed by atoms with E-state index in [0.717, 1.165) is 34.1 Å². The maximum Gasteiger partial charge on any atom is 0.293 e. The molecule has 202 valence electrons. The molecule has 3 aromatic rings. The molecule has 0 unspecified atom stereocenters. The first-order valence-electron chi connectivity index (χ1n) is 12.4. The summed E-state index contributed by atoms with van der Waals surface area (Å²) in [5.74, 6) is 0.795. The van der Waals surface area contributed by atoms with Gasteiger partial charge in [-0.2, -0.15) is 0 Å². The van der Waals surface area contributed by atoms with Crippen LogP contribution in [0.2, 0.25) is 0 Å². The minimum Gasteiger partial charge on any atom is -0.493 e. The monoisotopic (exact) mass is 546 g/mol. The van der Waals surface area contributed by atoms with E-state index in [1.54, 1.807) is 24.3 Å². The minimum absolute atomic E-state index is 0.149. The Hall–Kier alpha value is -4.24. The Bertz CT molecular complexity index is 1430. The fourth-order valence-corrected chi connectivity index (χ4v) is 4.85. The Morgan fingerprint density at radius 2 is 1.74 bits per heavy atom. The van der Waals surface area contributed by atoms with Crippen molar-refractivity contribution in [3.63, 3.8) is 0 Å². The van der Waals surface area contributed by atoms with Gasteiger partial charge in [0.25, 0.3) is 17.1 Å². The highest BCUT2D eigenvalue weighted by atomic mass is 32.2. The number of amides is 3. The van der Waals surface area contributed by atoms with E-state index < -0.39 is 0 Å². The van der Waals surface area contributed by atoms with Crippen molar-refractivity contribution in [2.24, 2.45) is 0 Å². The molecule has 0 bridgehead atoms. The van der Waals surface area contributed by atoms with Gasteiger partial charge in [0, 0.05) is 5.69 Å². The van der Waals surface area contributed by atoms with Gasteiger partial charge in [0.1, 0.15) is 12.4 Å². The van der Waals surface area contributed by atoms with Crippen LogP contribution in [-0.2, 0) is 9.59 Å². The quantitative estimate of drug-likeness (QED) is 0.324. The predicted molar refractivity (Wildman–Crippen MR) is 152 cm³/mol. The molecule has 1 fully saturated rings. The maximum atomic E-state index is 12.9. The van der Waals surface area contributed by atoms with Gasteiger partial charge < -0.3 is 19.5 Å². The average Bonchev–Trinajstić information content (AvgIpc) is 3.16. The van der Waals surface area contributed by atoms with E-state index in [4.69, 9.17) is 14.2 Å². The Morgan fingerprint density at radius 3 is 2.49 bits per heavy atom. The molecule has 0 spiro atoms. The SMILES string of the molecule is COc1cc(/C=C2\SC(=O)N(CCOc3cccc(C)c3)C2=O)ccc1OCC(=O)Nc1ccc(C)cc1C. The summed E-state index contributed by atoms with van der Waals surface area (Å²) < 4.78 is 16.8. The number of benzene rings is 3. The smallest absolute Gasteiger partial charge is 0.293 e. The van der Waals surface area contributed by atoms with Crippen molar-refractivity contribution < 1.29 is 28.6 Å². The van der Waals surface area contributed by atoms with E-state index in [1.165, 1.54) is 12.0 Å². The highest BCUT2D eigenvalue weighted by Crippen LogP contribution is 2.34. The molecule has 1 heterocycles. The van der Waals surface area contributed by atoms with Crippen molar-refractivity contribution in [2.75, 3.05) is 32.2 Å². The molecule has 3 aromatic carbocycles. The van der Waals surface area contributed by atoms with Crippen molar-refractivity contribution in [1.29, 1.82) is 0 Å². The molecule has 3 amide bonds. The van der Waals surface area contributed by atoms with Gasteiger partial charge in [-0.1, -0.05) is 35.9 Å². The van der Waals surface area contributed by atoms with Crippen LogP contribution in [0.5, 0.6) is 17.2 Å². The van der Waals surface area contributed by atoms with Crippen LogP contribution in [0.15, 0.2) is 65.6 Å². The summed E-state index contributed by atoms with van der Waals surface area (Å²) in [4.78, 5) is 39.2. The number of ether oxygens (including phenoxy) is 3. The Kier molecular flexibility index (Phi) is 8.93. The van der Waals surface area contributed by atoms with Gasteiger partial charge in [-0.3, -0.25) is 19.3 Å². The average molecular weight is 547 g/mol. The second-order valence-corrected chi connectivity index (χ2v) is 10.1. The first-order valence-corrected chi connectivity index (χ1v) is 13.2. The zero-order valence-electron chi connectivity index (χ0n) is 22.3. The molecule has 1 aliphatic rings. The standard InChI is InChI=1S/C30H30N2O6S/c1-19-6-5-7-23(15-19)37-13-12-32-29(34)27(39-30(32)35)17-22-9-11-25(26(16-22)36-4)38-18-28(33)31-24-10-8-20(2)14-21(24)3/h5-11,14-17H,12-13,18H2,1-4H3,(H,31,33)/b27-17-. The Morgan fingerprint density at radius 1 is 0.949 bits per heavy atom. The number of thioether (sulfide) groups is 1. The topological polar surface area (TPSA) is 94.2 Å². The third-order valence-electron chi connectivity index (χ3n) is 5.95. The molecule has 1 aliphatic heterocycles. The summed E-state index contributed by atoms with van der Waals surface area (Å²) in [7, 11) is 1.49. The molecule has 8 nitrogen and oxygen atoms in total.